The molecule has 0 fully saturated rings. The Morgan fingerprint density at radius 1 is 1.33 bits per heavy atom. The summed E-state index contributed by atoms with van der Waals surface area (Å²) in [6, 6.07) is 0. The van der Waals surface area contributed by atoms with E-state index in [9.17, 15) is 8.42 Å². The van der Waals surface area contributed by atoms with Crippen LogP contribution < -0.4 is 0 Å². The van der Waals surface area contributed by atoms with Crippen molar-refractivity contribution in [2.45, 2.75) is 20.0 Å². The molecule has 2 unspecified atom stereocenters. The van der Waals surface area contributed by atoms with E-state index in [1.807, 2.05) is 0 Å². The summed E-state index contributed by atoms with van der Waals surface area (Å²) >= 11 is 0. The van der Waals surface area contributed by atoms with Gasteiger partial charge in [-0.1, -0.05) is 6.92 Å². The molecule has 0 spiro atoms. The van der Waals surface area contributed by atoms with E-state index in [0.717, 1.165) is 0 Å². The summed E-state index contributed by atoms with van der Waals surface area (Å²) in [5.74, 6) is -0.227. The second-order valence-corrected chi connectivity index (χ2v) is 5.51. The van der Waals surface area contributed by atoms with Crippen LogP contribution in [0.15, 0.2) is 0 Å². The van der Waals surface area contributed by atoms with Gasteiger partial charge < -0.3 is 5.11 Å². The topological polar surface area (TPSA) is 57.6 Å². The minimum Gasteiger partial charge on any atom is -0.393 e. The average molecular weight is 195 g/mol. The van der Waals surface area contributed by atoms with Gasteiger partial charge in [0.1, 0.15) is 0 Å². The fourth-order valence-electron chi connectivity index (χ4n) is 0.621. The minimum absolute atomic E-state index is 0.00231. The molecule has 5 heteroatoms. The minimum atomic E-state index is -3.17. The molecule has 0 rings (SSSR count). The van der Waals surface area contributed by atoms with Crippen LogP contribution in [0.2, 0.25) is 0 Å². The third-order valence-electron chi connectivity index (χ3n) is 1.85. The Kier molecular flexibility index (Phi) is 4.16. The van der Waals surface area contributed by atoms with Gasteiger partial charge in [-0.2, -0.15) is 0 Å². The van der Waals surface area contributed by atoms with Crippen molar-refractivity contribution in [1.29, 1.82) is 0 Å². The zero-order chi connectivity index (χ0) is 9.94. The van der Waals surface area contributed by atoms with Crippen LogP contribution in [-0.2, 0) is 10.0 Å². The van der Waals surface area contributed by atoms with Crippen molar-refractivity contribution in [2.24, 2.45) is 5.92 Å². The third-order valence-corrected chi connectivity index (χ3v) is 3.91. The molecule has 0 heterocycles. The molecule has 0 aromatic heterocycles. The molecule has 0 aliphatic heterocycles. The third kappa shape index (κ3) is 3.51. The summed E-state index contributed by atoms with van der Waals surface area (Å²) in [7, 11) is -0.189. The lowest BCUT2D eigenvalue weighted by Gasteiger charge is -2.17. The molecule has 0 aliphatic carbocycles. The first kappa shape index (κ1) is 11.9. The monoisotopic (exact) mass is 195 g/mol. The molecule has 2 atom stereocenters. The van der Waals surface area contributed by atoms with Gasteiger partial charge in [-0.25, -0.2) is 12.7 Å². The predicted octanol–water partition coefficient (Wildman–Crippen LogP) is -0.105. The van der Waals surface area contributed by atoms with E-state index in [0.29, 0.717) is 0 Å². The van der Waals surface area contributed by atoms with Gasteiger partial charge in [0, 0.05) is 14.1 Å². The number of sulfonamides is 1. The smallest absolute Gasteiger partial charge is 0.213 e. The van der Waals surface area contributed by atoms with Crippen molar-refractivity contribution in [3.8, 4) is 0 Å². The summed E-state index contributed by atoms with van der Waals surface area (Å²) in [4.78, 5) is 0. The van der Waals surface area contributed by atoms with Crippen molar-refractivity contribution >= 4 is 10.0 Å². The van der Waals surface area contributed by atoms with Crippen LogP contribution in [0.4, 0.5) is 0 Å². The lowest BCUT2D eigenvalue weighted by atomic mass is 10.1. The highest BCUT2D eigenvalue weighted by Crippen LogP contribution is 2.07. The number of hydrogen-bond donors (Lipinski definition) is 1. The molecule has 0 radical (unpaired) electrons. The maximum absolute atomic E-state index is 11.3. The number of nitrogens with zero attached hydrogens (tertiary/aromatic N) is 1. The molecule has 0 amide bonds. The maximum Gasteiger partial charge on any atom is 0.213 e. The first-order valence-electron chi connectivity index (χ1n) is 3.85. The van der Waals surface area contributed by atoms with E-state index in [-0.39, 0.29) is 11.7 Å². The molecular formula is C7H17NO3S. The lowest BCUT2D eigenvalue weighted by molar-refractivity contribution is 0.145. The van der Waals surface area contributed by atoms with E-state index in [4.69, 9.17) is 5.11 Å². The van der Waals surface area contributed by atoms with Crippen LogP contribution in [0, 0.1) is 5.92 Å². The van der Waals surface area contributed by atoms with E-state index >= 15 is 0 Å². The summed E-state index contributed by atoms with van der Waals surface area (Å²) in [6.07, 6.45) is -0.584. The zero-order valence-electron chi connectivity index (χ0n) is 7.98. The Bertz CT molecular complexity index is 221. The van der Waals surface area contributed by atoms with Crippen molar-refractivity contribution in [3.05, 3.63) is 0 Å². The summed E-state index contributed by atoms with van der Waals surface area (Å²) < 4.78 is 23.7. The second kappa shape index (κ2) is 4.20. The van der Waals surface area contributed by atoms with Crippen LogP contribution in [0.25, 0.3) is 0 Å². The molecule has 0 saturated heterocycles. The van der Waals surface area contributed by atoms with Gasteiger partial charge in [0.25, 0.3) is 0 Å². The number of hydrogen-bond acceptors (Lipinski definition) is 3. The summed E-state index contributed by atoms with van der Waals surface area (Å²) in [5.41, 5.74) is 0. The van der Waals surface area contributed by atoms with Gasteiger partial charge in [-0.05, 0) is 12.8 Å². The SMILES string of the molecule is CC(O)C(C)CS(=O)(=O)N(C)C. The van der Waals surface area contributed by atoms with E-state index < -0.39 is 16.1 Å². The fraction of sp³-hybridized carbons (Fsp3) is 1.00. The number of rotatable bonds is 4. The first-order valence-corrected chi connectivity index (χ1v) is 5.46. The van der Waals surface area contributed by atoms with Crippen molar-refractivity contribution in [1.82, 2.24) is 4.31 Å². The largest absolute Gasteiger partial charge is 0.393 e. The Hall–Kier alpha value is -0.130. The van der Waals surface area contributed by atoms with Crippen LogP contribution in [0.5, 0.6) is 0 Å². The van der Waals surface area contributed by atoms with Gasteiger partial charge >= 0.3 is 0 Å². The summed E-state index contributed by atoms with van der Waals surface area (Å²) in [6.45, 7) is 3.31. The zero-order valence-corrected chi connectivity index (χ0v) is 8.80. The molecule has 0 aromatic carbocycles. The Labute approximate surface area is 74.2 Å². The van der Waals surface area contributed by atoms with Crippen LogP contribution in [-0.4, -0.2) is 43.8 Å². The molecule has 0 aromatic rings. The van der Waals surface area contributed by atoms with Crippen LogP contribution >= 0.6 is 0 Å². The van der Waals surface area contributed by atoms with Crippen LogP contribution in [0.1, 0.15) is 13.8 Å². The van der Waals surface area contributed by atoms with Crippen LogP contribution in [0.3, 0.4) is 0 Å². The van der Waals surface area contributed by atoms with Crippen molar-refractivity contribution in [3.63, 3.8) is 0 Å². The van der Waals surface area contributed by atoms with Gasteiger partial charge in [0.2, 0.25) is 10.0 Å². The lowest BCUT2D eigenvalue weighted by Crippen LogP contribution is -2.31. The Balaban J connectivity index is 4.27. The molecule has 0 aliphatic rings. The van der Waals surface area contributed by atoms with Gasteiger partial charge in [0.05, 0.1) is 11.9 Å². The van der Waals surface area contributed by atoms with E-state index in [2.05, 4.69) is 0 Å². The molecule has 4 nitrogen and oxygen atoms in total. The van der Waals surface area contributed by atoms with Gasteiger partial charge in [-0.3, -0.25) is 0 Å². The highest BCUT2D eigenvalue weighted by Gasteiger charge is 2.20. The van der Waals surface area contributed by atoms with Gasteiger partial charge in [0.15, 0.2) is 0 Å². The molecule has 1 N–H and O–H groups in total. The number of aliphatic hydroxyl groups excluding tert-OH is 1. The average Bonchev–Trinajstić information content (AvgIpc) is 1.85. The molecular weight excluding hydrogens is 178 g/mol. The fourth-order valence-corrected chi connectivity index (χ4v) is 1.86. The summed E-state index contributed by atoms with van der Waals surface area (Å²) in [5, 5.41) is 9.08. The quantitative estimate of drug-likeness (QED) is 0.681. The second-order valence-electron chi connectivity index (χ2n) is 3.28. The first-order chi connectivity index (χ1) is 5.27. The van der Waals surface area contributed by atoms with E-state index in [1.54, 1.807) is 13.8 Å². The molecule has 0 saturated carbocycles. The predicted molar refractivity (Wildman–Crippen MR) is 48.3 cm³/mol. The Morgan fingerprint density at radius 2 is 1.75 bits per heavy atom. The highest BCUT2D eigenvalue weighted by atomic mass is 32.2. The maximum atomic E-state index is 11.3. The standard InChI is InChI=1S/C7H17NO3S/c1-6(7(2)9)5-12(10,11)8(3)4/h6-7,9H,5H2,1-4H3. The normalized spacial score (nSPS) is 17.8. The van der Waals surface area contributed by atoms with E-state index in [1.165, 1.54) is 18.4 Å². The van der Waals surface area contributed by atoms with Gasteiger partial charge in [-0.15, -0.1) is 0 Å². The van der Waals surface area contributed by atoms with Crippen molar-refractivity contribution in [2.75, 3.05) is 19.8 Å². The number of aliphatic hydroxyl groups is 1. The molecule has 74 valence electrons. The molecule has 0 bridgehead atoms. The Morgan fingerprint density at radius 3 is 2.00 bits per heavy atom. The highest BCUT2D eigenvalue weighted by molar-refractivity contribution is 7.89. The van der Waals surface area contributed by atoms with Crippen molar-refractivity contribution < 1.29 is 13.5 Å². The molecule has 12 heavy (non-hydrogen) atoms.